The predicted octanol–water partition coefficient (Wildman–Crippen LogP) is 4.78. The summed E-state index contributed by atoms with van der Waals surface area (Å²) in [6.07, 6.45) is 2.44. The lowest BCUT2D eigenvalue weighted by molar-refractivity contribution is -0.125. The maximum absolute atomic E-state index is 12.2. The van der Waals surface area contributed by atoms with Gasteiger partial charge in [-0.05, 0) is 49.8 Å². The van der Waals surface area contributed by atoms with E-state index < -0.39 is 6.10 Å². The molecule has 0 aliphatic carbocycles. The van der Waals surface area contributed by atoms with Crippen LogP contribution in [0.3, 0.4) is 0 Å². The number of ether oxygens (including phenoxy) is 1. The Labute approximate surface area is 167 Å². The molecule has 1 heterocycles. The number of nitrogens with zero attached hydrogens (tertiary/aromatic N) is 1. The van der Waals surface area contributed by atoms with Crippen LogP contribution >= 0.6 is 23.2 Å². The van der Waals surface area contributed by atoms with Crippen molar-refractivity contribution >= 4 is 52.5 Å². The van der Waals surface area contributed by atoms with Crippen LogP contribution in [0.1, 0.15) is 19.4 Å². The lowest BCUT2D eigenvalue weighted by Gasteiger charge is -2.32. The Morgan fingerprint density at radius 2 is 2.04 bits per heavy atom. The fourth-order valence-corrected chi connectivity index (χ4v) is 3.27. The van der Waals surface area contributed by atoms with E-state index in [0.29, 0.717) is 39.3 Å². The quantitative estimate of drug-likeness (QED) is 0.745. The van der Waals surface area contributed by atoms with Crippen molar-refractivity contribution in [3.05, 3.63) is 58.1 Å². The molecule has 1 aliphatic rings. The molecule has 1 unspecified atom stereocenters. The van der Waals surface area contributed by atoms with Crippen LogP contribution in [-0.4, -0.2) is 24.5 Å². The maximum Gasteiger partial charge on any atom is 0.267 e. The fraction of sp³-hybridized carbons (Fsp3) is 0.200. The Morgan fingerprint density at radius 1 is 1.26 bits per heavy atom. The first-order valence-electron chi connectivity index (χ1n) is 8.45. The van der Waals surface area contributed by atoms with Crippen molar-refractivity contribution < 1.29 is 14.3 Å². The molecule has 5 nitrogen and oxygen atoms in total. The van der Waals surface area contributed by atoms with Gasteiger partial charge in [-0.2, -0.15) is 0 Å². The summed E-state index contributed by atoms with van der Waals surface area (Å²) in [4.78, 5) is 26.0. The van der Waals surface area contributed by atoms with Crippen LogP contribution in [0.15, 0.2) is 42.5 Å². The van der Waals surface area contributed by atoms with Gasteiger partial charge < -0.3 is 15.0 Å². The van der Waals surface area contributed by atoms with Gasteiger partial charge in [0.15, 0.2) is 6.10 Å². The maximum atomic E-state index is 12.2. The average molecular weight is 405 g/mol. The highest BCUT2D eigenvalue weighted by atomic mass is 35.5. The molecule has 0 bridgehead atoms. The molecule has 1 atom stereocenters. The zero-order chi connectivity index (χ0) is 19.6. The molecule has 0 radical (unpaired) electrons. The van der Waals surface area contributed by atoms with E-state index in [9.17, 15) is 9.59 Å². The van der Waals surface area contributed by atoms with Crippen molar-refractivity contribution in [1.82, 2.24) is 0 Å². The topological polar surface area (TPSA) is 58.6 Å². The Bertz CT molecular complexity index is 927. The fourth-order valence-electron chi connectivity index (χ4n) is 2.80. The second-order valence-corrected chi connectivity index (χ2v) is 6.86. The van der Waals surface area contributed by atoms with Crippen LogP contribution in [0.5, 0.6) is 5.75 Å². The van der Waals surface area contributed by atoms with Crippen LogP contribution in [0.25, 0.3) is 6.08 Å². The van der Waals surface area contributed by atoms with E-state index in [4.69, 9.17) is 27.9 Å². The van der Waals surface area contributed by atoms with Crippen LogP contribution in [-0.2, 0) is 9.59 Å². The molecule has 1 N–H and O–H groups in total. The van der Waals surface area contributed by atoms with Crippen LogP contribution in [0, 0.1) is 0 Å². The summed E-state index contributed by atoms with van der Waals surface area (Å²) < 4.78 is 5.66. The average Bonchev–Trinajstić information content (AvgIpc) is 2.62. The van der Waals surface area contributed by atoms with Crippen LogP contribution < -0.4 is 15.0 Å². The van der Waals surface area contributed by atoms with Gasteiger partial charge in [-0.1, -0.05) is 29.3 Å². The van der Waals surface area contributed by atoms with E-state index in [1.54, 1.807) is 54.3 Å². The summed E-state index contributed by atoms with van der Waals surface area (Å²) in [5.74, 6) is 0.171. The number of amides is 2. The van der Waals surface area contributed by atoms with Gasteiger partial charge in [0.05, 0.1) is 5.69 Å². The minimum atomic E-state index is -0.560. The molecule has 2 aromatic carbocycles. The molecule has 7 heteroatoms. The number of hydrogen-bond donors (Lipinski definition) is 1. The van der Waals surface area contributed by atoms with E-state index in [2.05, 4.69) is 5.32 Å². The minimum Gasteiger partial charge on any atom is -0.479 e. The molecule has 0 spiro atoms. The molecule has 2 aromatic rings. The molecule has 0 fully saturated rings. The lowest BCUT2D eigenvalue weighted by atomic mass is 10.1. The van der Waals surface area contributed by atoms with Crippen molar-refractivity contribution in [2.45, 2.75) is 20.0 Å². The lowest BCUT2D eigenvalue weighted by Crippen LogP contribution is -2.44. The zero-order valence-corrected chi connectivity index (χ0v) is 16.3. The van der Waals surface area contributed by atoms with Crippen molar-refractivity contribution in [3.8, 4) is 5.75 Å². The number of benzene rings is 2. The largest absolute Gasteiger partial charge is 0.479 e. The molecule has 140 valence electrons. The highest BCUT2D eigenvalue weighted by molar-refractivity contribution is 6.35. The van der Waals surface area contributed by atoms with Crippen molar-refractivity contribution in [1.29, 1.82) is 0 Å². The SMILES string of the molecule is CCN1C(=O)C(C)Oc2cc(NC(=O)/C=C/c3ccc(Cl)cc3Cl)ccc21. The van der Waals surface area contributed by atoms with Crippen LogP contribution in [0.4, 0.5) is 11.4 Å². The summed E-state index contributed by atoms with van der Waals surface area (Å²) in [6, 6.07) is 10.3. The second kappa shape index (κ2) is 8.03. The summed E-state index contributed by atoms with van der Waals surface area (Å²) >= 11 is 12.0. The van der Waals surface area contributed by atoms with Gasteiger partial charge in [0, 0.05) is 34.4 Å². The van der Waals surface area contributed by atoms with Crippen molar-refractivity contribution in [2.75, 3.05) is 16.8 Å². The van der Waals surface area contributed by atoms with Crippen LogP contribution in [0.2, 0.25) is 10.0 Å². The number of likely N-dealkylation sites (N-methyl/N-ethyl adjacent to an activating group) is 1. The monoisotopic (exact) mass is 404 g/mol. The first kappa shape index (κ1) is 19.3. The van der Waals surface area contributed by atoms with Gasteiger partial charge in [0.1, 0.15) is 5.75 Å². The Morgan fingerprint density at radius 3 is 2.74 bits per heavy atom. The molecule has 27 heavy (non-hydrogen) atoms. The second-order valence-electron chi connectivity index (χ2n) is 6.01. The molecular weight excluding hydrogens is 387 g/mol. The first-order valence-corrected chi connectivity index (χ1v) is 9.21. The smallest absolute Gasteiger partial charge is 0.267 e. The number of halogens is 2. The number of hydrogen-bond acceptors (Lipinski definition) is 3. The number of rotatable bonds is 4. The van der Waals surface area contributed by atoms with E-state index in [-0.39, 0.29) is 11.8 Å². The summed E-state index contributed by atoms with van der Waals surface area (Å²) in [5.41, 5.74) is 1.96. The van der Waals surface area contributed by atoms with Gasteiger partial charge in [-0.15, -0.1) is 0 Å². The van der Waals surface area contributed by atoms with Gasteiger partial charge in [-0.25, -0.2) is 0 Å². The Hall–Kier alpha value is -2.50. The number of carbonyl (C=O) groups is 2. The van der Waals surface area contributed by atoms with Gasteiger partial charge in [-0.3, -0.25) is 9.59 Å². The third-order valence-corrected chi connectivity index (χ3v) is 4.69. The molecular formula is C20H18Cl2N2O3. The third kappa shape index (κ3) is 4.26. The molecule has 1 aliphatic heterocycles. The van der Waals surface area contributed by atoms with E-state index in [1.807, 2.05) is 6.92 Å². The molecule has 0 saturated heterocycles. The number of anilines is 2. The first-order chi connectivity index (χ1) is 12.9. The standard InChI is InChI=1S/C20H18Cl2N2O3/c1-3-24-17-8-7-15(11-18(17)27-12(2)20(24)26)23-19(25)9-5-13-4-6-14(21)10-16(13)22/h4-12H,3H2,1-2H3,(H,23,25)/b9-5+. The predicted molar refractivity (Wildman–Crippen MR) is 109 cm³/mol. The number of carbonyl (C=O) groups excluding carboxylic acids is 2. The summed E-state index contributed by atoms with van der Waals surface area (Å²) in [6.45, 7) is 4.16. The number of nitrogens with one attached hydrogen (secondary N) is 1. The molecule has 2 amide bonds. The highest BCUT2D eigenvalue weighted by Gasteiger charge is 2.30. The van der Waals surface area contributed by atoms with E-state index in [1.165, 1.54) is 6.08 Å². The highest BCUT2D eigenvalue weighted by Crippen LogP contribution is 2.36. The molecule has 0 saturated carbocycles. The van der Waals surface area contributed by atoms with Gasteiger partial charge in [0.2, 0.25) is 5.91 Å². The summed E-state index contributed by atoms with van der Waals surface area (Å²) in [5, 5.41) is 3.77. The Balaban J connectivity index is 1.74. The minimum absolute atomic E-state index is 0.0791. The van der Waals surface area contributed by atoms with Crippen molar-refractivity contribution in [2.24, 2.45) is 0 Å². The molecule has 3 rings (SSSR count). The Kier molecular flexibility index (Phi) is 5.73. The van der Waals surface area contributed by atoms with E-state index >= 15 is 0 Å². The van der Waals surface area contributed by atoms with Crippen molar-refractivity contribution in [3.63, 3.8) is 0 Å². The third-order valence-electron chi connectivity index (χ3n) is 4.13. The zero-order valence-electron chi connectivity index (χ0n) is 14.8. The number of fused-ring (bicyclic) bond motifs is 1. The van der Waals surface area contributed by atoms with Gasteiger partial charge >= 0.3 is 0 Å². The molecule has 0 aromatic heterocycles. The van der Waals surface area contributed by atoms with Gasteiger partial charge in [0.25, 0.3) is 5.91 Å². The van der Waals surface area contributed by atoms with E-state index in [0.717, 1.165) is 0 Å². The normalized spacial score (nSPS) is 16.2. The summed E-state index contributed by atoms with van der Waals surface area (Å²) in [7, 11) is 0.